The number of furan rings is 1. The summed E-state index contributed by atoms with van der Waals surface area (Å²) in [5.74, 6) is 0.433. The Morgan fingerprint density at radius 3 is 2.97 bits per heavy atom. The van der Waals surface area contributed by atoms with Crippen molar-refractivity contribution in [3.05, 3.63) is 76.5 Å². The minimum atomic E-state index is -0.334. The number of hydrazone groups is 1. The minimum Gasteiger partial charge on any atom is -0.460 e. The van der Waals surface area contributed by atoms with Gasteiger partial charge in [-0.2, -0.15) is 5.10 Å². The molecule has 0 aliphatic rings. The number of carbonyl (C=O) groups excluding carboxylic acids is 1. The maximum atomic E-state index is 12.1. The van der Waals surface area contributed by atoms with Gasteiger partial charge in [-0.1, -0.05) is 41.1 Å². The van der Waals surface area contributed by atoms with E-state index in [9.17, 15) is 4.79 Å². The second-order valence-electron chi connectivity index (χ2n) is 6.51. The molecule has 2 aromatic heterocycles. The van der Waals surface area contributed by atoms with E-state index >= 15 is 0 Å². The van der Waals surface area contributed by atoms with Crippen molar-refractivity contribution in [2.45, 2.75) is 20.1 Å². The standard InChI is InChI=1S/C21H18ClN5O3/c1-14-5-4-6-17(22)16(14)13-29-21-10-9-15(30-21)11-23-25-20(28)12-27-19-8-3-2-7-18(19)24-26-27/h2-11H,12-13H2,1H3,(H,25,28)/b23-11-. The average molecular weight is 424 g/mol. The van der Waals surface area contributed by atoms with Gasteiger partial charge in [0.15, 0.2) is 5.76 Å². The Balaban J connectivity index is 1.30. The number of rotatable bonds is 7. The van der Waals surface area contributed by atoms with Gasteiger partial charge in [-0.15, -0.1) is 5.10 Å². The summed E-state index contributed by atoms with van der Waals surface area (Å²) in [4.78, 5) is 12.1. The largest absolute Gasteiger partial charge is 0.460 e. The fourth-order valence-electron chi connectivity index (χ4n) is 2.85. The lowest BCUT2D eigenvalue weighted by Gasteiger charge is -2.08. The quantitative estimate of drug-likeness (QED) is 0.361. The molecule has 2 aromatic carbocycles. The zero-order chi connectivity index (χ0) is 20.9. The van der Waals surface area contributed by atoms with Gasteiger partial charge < -0.3 is 9.15 Å². The molecule has 0 radical (unpaired) electrons. The smallest absolute Gasteiger partial charge is 0.285 e. The monoisotopic (exact) mass is 423 g/mol. The van der Waals surface area contributed by atoms with Gasteiger partial charge in [0.05, 0.1) is 11.7 Å². The maximum absolute atomic E-state index is 12.1. The van der Waals surface area contributed by atoms with E-state index in [0.717, 1.165) is 22.2 Å². The van der Waals surface area contributed by atoms with Gasteiger partial charge in [0, 0.05) is 16.7 Å². The highest BCUT2D eigenvalue weighted by molar-refractivity contribution is 6.31. The number of aryl methyl sites for hydroxylation is 1. The van der Waals surface area contributed by atoms with Crippen LogP contribution in [0.4, 0.5) is 0 Å². The summed E-state index contributed by atoms with van der Waals surface area (Å²) in [5.41, 5.74) is 5.88. The number of hydrogen-bond acceptors (Lipinski definition) is 6. The van der Waals surface area contributed by atoms with E-state index in [0.29, 0.717) is 16.7 Å². The van der Waals surface area contributed by atoms with Crippen molar-refractivity contribution in [3.63, 3.8) is 0 Å². The number of ether oxygens (including phenoxy) is 1. The second kappa shape index (κ2) is 8.79. The van der Waals surface area contributed by atoms with Crippen LogP contribution in [0.2, 0.25) is 5.02 Å². The Morgan fingerprint density at radius 2 is 2.10 bits per heavy atom. The van der Waals surface area contributed by atoms with Crippen LogP contribution in [0.3, 0.4) is 0 Å². The molecule has 30 heavy (non-hydrogen) atoms. The molecule has 2 heterocycles. The van der Waals surface area contributed by atoms with Crippen molar-refractivity contribution in [3.8, 4) is 5.95 Å². The Kier molecular flexibility index (Phi) is 5.76. The summed E-state index contributed by atoms with van der Waals surface area (Å²) in [5, 5.41) is 12.5. The molecule has 0 saturated carbocycles. The van der Waals surface area contributed by atoms with Crippen LogP contribution in [-0.2, 0) is 17.9 Å². The molecular formula is C21H18ClN5O3. The van der Waals surface area contributed by atoms with Gasteiger partial charge in [-0.3, -0.25) is 4.79 Å². The summed E-state index contributed by atoms with van der Waals surface area (Å²) in [7, 11) is 0. The van der Waals surface area contributed by atoms with Crippen LogP contribution in [0, 0.1) is 6.92 Å². The van der Waals surface area contributed by atoms with Crippen LogP contribution >= 0.6 is 11.6 Å². The van der Waals surface area contributed by atoms with Crippen molar-refractivity contribution < 1.29 is 13.9 Å². The minimum absolute atomic E-state index is 0.00154. The molecule has 9 heteroatoms. The normalized spacial score (nSPS) is 11.3. The van der Waals surface area contributed by atoms with E-state index in [2.05, 4.69) is 20.8 Å². The number of benzene rings is 2. The lowest BCUT2D eigenvalue weighted by molar-refractivity contribution is -0.121. The highest BCUT2D eigenvalue weighted by Crippen LogP contribution is 2.22. The number of para-hydroxylation sites is 1. The molecule has 1 amide bonds. The molecule has 0 spiro atoms. The fraction of sp³-hybridized carbons (Fsp3) is 0.143. The van der Waals surface area contributed by atoms with Crippen LogP contribution in [0.25, 0.3) is 11.0 Å². The molecular weight excluding hydrogens is 406 g/mol. The molecule has 0 atom stereocenters. The van der Waals surface area contributed by atoms with Gasteiger partial charge >= 0.3 is 0 Å². The zero-order valence-corrected chi connectivity index (χ0v) is 16.8. The molecule has 0 bridgehead atoms. The van der Waals surface area contributed by atoms with E-state index in [1.54, 1.807) is 12.1 Å². The van der Waals surface area contributed by atoms with Crippen LogP contribution in [0.5, 0.6) is 5.95 Å². The van der Waals surface area contributed by atoms with Crippen LogP contribution < -0.4 is 10.2 Å². The number of hydrogen-bond donors (Lipinski definition) is 1. The van der Waals surface area contributed by atoms with Crippen molar-refractivity contribution in [1.29, 1.82) is 0 Å². The number of carbonyl (C=O) groups is 1. The van der Waals surface area contributed by atoms with Crippen LogP contribution in [0.15, 0.2) is 64.1 Å². The molecule has 1 N–H and O–H groups in total. The predicted molar refractivity (Wildman–Crippen MR) is 112 cm³/mol. The summed E-state index contributed by atoms with van der Waals surface area (Å²) in [6, 6.07) is 16.5. The van der Waals surface area contributed by atoms with E-state index in [1.165, 1.54) is 10.9 Å². The van der Waals surface area contributed by atoms with Gasteiger partial charge in [-0.05, 0) is 36.8 Å². The Hall–Kier alpha value is -3.65. The van der Waals surface area contributed by atoms with E-state index in [4.69, 9.17) is 20.8 Å². The highest BCUT2D eigenvalue weighted by atomic mass is 35.5. The Labute approximate surface area is 177 Å². The van der Waals surface area contributed by atoms with Crippen molar-refractivity contribution >= 4 is 34.8 Å². The third-order valence-electron chi connectivity index (χ3n) is 4.41. The number of nitrogens with one attached hydrogen (secondary N) is 1. The zero-order valence-electron chi connectivity index (χ0n) is 16.1. The third kappa shape index (κ3) is 4.49. The molecule has 0 fully saturated rings. The topological polar surface area (TPSA) is 94.5 Å². The first-order chi connectivity index (χ1) is 14.6. The van der Waals surface area contributed by atoms with E-state index in [-0.39, 0.29) is 19.1 Å². The Bertz CT molecular complexity index is 1190. The highest BCUT2D eigenvalue weighted by Gasteiger charge is 2.09. The first-order valence-corrected chi connectivity index (χ1v) is 9.55. The predicted octanol–water partition coefficient (Wildman–Crippen LogP) is 3.72. The van der Waals surface area contributed by atoms with Gasteiger partial charge in [0.1, 0.15) is 18.7 Å². The molecule has 0 aliphatic heterocycles. The first-order valence-electron chi connectivity index (χ1n) is 9.17. The summed E-state index contributed by atoms with van der Waals surface area (Å²) in [6.45, 7) is 2.26. The van der Waals surface area contributed by atoms with Crippen LogP contribution in [-0.4, -0.2) is 27.1 Å². The number of halogens is 1. The van der Waals surface area contributed by atoms with E-state index in [1.807, 2.05) is 49.4 Å². The molecule has 8 nitrogen and oxygen atoms in total. The lowest BCUT2D eigenvalue weighted by Crippen LogP contribution is -2.23. The third-order valence-corrected chi connectivity index (χ3v) is 4.76. The number of aromatic nitrogens is 3. The second-order valence-corrected chi connectivity index (χ2v) is 6.92. The summed E-state index contributed by atoms with van der Waals surface area (Å²) >= 11 is 6.20. The maximum Gasteiger partial charge on any atom is 0.285 e. The number of amides is 1. The van der Waals surface area contributed by atoms with Gasteiger partial charge in [0.2, 0.25) is 0 Å². The van der Waals surface area contributed by atoms with Gasteiger partial charge in [0.25, 0.3) is 11.9 Å². The molecule has 4 rings (SSSR count). The summed E-state index contributed by atoms with van der Waals surface area (Å²) < 4.78 is 12.7. The SMILES string of the molecule is Cc1cccc(Cl)c1COc1ccc(/C=N\NC(=O)Cn2nnc3ccccc32)o1. The summed E-state index contributed by atoms with van der Waals surface area (Å²) in [6.07, 6.45) is 1.39. The molecule has 0 unspecified atom stereocenters. The van der Waals surface area contributed by atoms with Crippen LogP contribution in [0.1, 0.15) is 16.9 Å². The number of fused-ring (bicyclic) bond motifs is 1. The fourth-order valence-corrected chi connectivity index (χ4v) is 3.12. The molecule has 0 aliphatic carbocycles. The van der Waals surface area contributed by atoms with E-state index < -0.39 is 0 Å². The molecule has 4 aromatic rings. The van der Waals surface area contributed by atoms with Crippen molar-refractivity contribution in [1.82, 2.24) is 20.4 Å². The van der Waals surface area contributed by atoms with Crippen molar-refractivity contribution in [2.24, 2.45) is 5.10 Å². The molecule has 0 saturated heterocycles. The Morgan fingerprint density at radius 1 is 1.23 bits per heavy atom. The molecule has 152 valence electrons. The van der Waals surface area contributed by atoms with Gasteiger partial charge in [-0.25, -0.2) is 10.1 Å². The van der Waals surface area contributed by atoms with Crippen molar-refractivity contribution in [2.75, 3.05) is 0 Å². The number of nitrogens with zero attached hydrogens (tertiary/aromatic N) is 4. The first kappa shape index (κ1) is 19.7. The lowest BCUT2D eigenvalue weighted by atomic mass is 10.1. The average Bonchev–Trinajstić information content (AvgIpc) is 3.35.